The molecule has 0 spiro atoms. The van der Waals surface area contributed by atoms with Crippen LogP contribution in [-0.2, 0) is 13.1 Å². The van der Waals surface area contributed by atoms with E-state index in [9.17, 15) is 4.79 Å². The van der Waals surface area contributed by atoms with E-state index in [4.69, 9.17) is 0 Å². The fourth-order valence-corrected chi connectivity index (χ4v) is 1.76. The van der Waals surface area contributed by atoms with E-state index >= 15 is 0 Å². The Kier molecular flexibility index (Phi) is 2.75. The molecule has 2 rings (SSSR count). The van der Waals surface area contributed by atoms with Crippen LogP contribution in [0.5, 0.6) is 0 Å². The van der Waals surface area contributed by atoms with Gasteiger partial charge in [0, 0.05) is 25.5 Å². The minimum atomic E-state index is 0.160. The van der Waals surface area contributed by atoms with E-state index < -0.39 is 0 Å². The lowest BCUT2D eigenvalue weighted by Crippen LogP contribution is -2.24. The van der Waals surface area contributed by atoms with Crippen LogP contribution >= 0.6 is 0 Å². The first-order valence-corrected chi connectivity index (χ1v) is 5.57. The molecule has 0 unspecified atom stereocenters. The molecule has 1 aliphatic carbocycles. The van der Waals surface area contributed by atoms with Gasteiger partial charge in [0.05, 0.1) is 0 Å². The van der Waals surface area contributed by atoms with E-state index in [0.29, 0.717) is 0 Å². The van der Waals surface area contributed by atoms with Crippen LogP contribution in [0.2, 0.25) is 0 Å². The second kappa shape index (κ2) is 4.03. The summed E-state index contributed by atoms with van der Waals surface area (Å²) in [6, 6.07) is 0. The molecule has 3 heteroatoms. The molecular weight excluding hydrogens is 176 g/mol. The van der Waals surface area contributed by atoms with Crippen LogP contribution in [0.4, 0.5) is 0 Å². The van der Waals surface area contributed by atoms with Gasteiger partial charge in [0.15, 0.2) is 0 Å². The standard InChI is InChI=1S/C11H18N2O/c1-2-6-12-8-9-13(11(12)14)7-5-10-3-4-10/h8-10H,2-7H2,1H3. The summed E-state index contributed by atoms with van der Waals surface area (Å²) in [5, 5.41) is 0. The van der Waals surface area contributed by atoms with Crippen molar-refractivity contribution in [3.05, 3.63) is 22.9 Å². The second-order valence-electron chi connectivity index (χ2n) is 4.20. The highest BCUT2D eigenvalue weighted by Crippen LogP contribution is 2.32. The fraction of sp³-hybridized carbons (Fsp3) is 0.727. The molecular formula is C11H18N2O. The quantitative estimate of drug-likeness (QED) is 0.703. The van der Waals surface area contributed by atoms with Crippen LogP contribution < -0.4 is 5.69 Å². The van der Waals surface area contributed by atoms with Crippen molar-refractivity contribution >= 4 is 0 Å². The van der Waals surface area contributed by atoms with Crippen molar-refractivity contribution in [1.29, 1.82) is 0 Å². The van der Waals surface area contributed by atoms with E-state index in [1.54, 1.807) is 4.57 Å². The van der Waals surface area contributed by atoms with Gasteiger partial charge < -0.3 is 0 Å². The Labute approximate surface area is 84.4 Å². The van der Waals surface area contributed by atoms with Crippen LogP contribution in [0.3, 0.4) is 0 Å². The first-order valence-electron chi connectivity index (χ1n) is 5.57. The number of imidazole rings is 1. The van der Waals surface area contributed by atoms with E-state index in [1.165, 1.54) is 19.3 Å². The van der Waals surface area contributed by atoms with Crippen LogP contribution in [-0.4, -0.2) is 9.13 Å². The van der Waals surface area contributed by atoms with E-state index in [-0.39, 0.29) is 5.69 Å². The first-order chi connectivity index (χ1) is 6.81. The van der Waals surface area contributed by atoms with Crippen molar-refractivity contribution in [1.82, 2.24) is 9.13 Å². The van der Waals surface area contributed by atoms with Gasteiger partial charge in [-0.05, 0) is 18.8 Å². The van der Waals surface area contributed by atoms with Crippen molar-refractivity contribution in [2.75, 3.05) is 0 Å². The normalized spacial score (nSPS) is 16.1. The molecule has 0 amide bonds. The zero-order valence-corrected chi connectivity index (χ0v) is 8.78. The van der Waals surface area contributed by atoms with Crippen molar-refractivity contribution in [2.45, 2.75) is 45.7 Å². The molecule has 0 radical (unpaired) electrons. The van der Waals surface area contributed by atoms with E-state index in [2.05, 4.69) is 6.92 Å². The summed E-state index contributed by atoms with van der Waals surface area (Å²) < 4.78 is 3.64. The SMILES string of the molecule is CCCn1ccn(CCC2CC2)c1=O. The highest BCUT2D eigenvalue weighted by Gasteiger charge is 2.20. The molecule has 0 atom stereocenters. The summed E-state index contributed by atoms with van der Waals surface area (Å²) in [5.74, 6) is 0.899. The lowest BCUT2D eigenvalue weighted by Gasteiger charge is -2.00. The van der Waals surface area contributed by atoms with Gasteiger partial charge in [-0.1, -0.05) is 19.8 Å². The highest BCUT2D eigenvalue weighted by atomic mass is 16.1. The Hall–Kier alpha value is -0.990. The Balaban J connectivity index is 1.98. The molecule has 1 saturated carbocycles. The number of nitrogens with zero attached hydrogens (tertiary/aromatic N) is 2. The van der Waals surface area contributed by atoms with Gasteiger partial charge in [-0.3, -0.25) is 9.13 Å². The Bertz CT molecular complexity index is 346. The molecule has 1 aromatic rings. The Morgan fingerprint density at radius 3 is 2.50 bits per heavy atom. The van der Waals surface area contributed by atoms with Gasteiger partial charge in [-0.2, -0.15) is 0 Å². The summed E-state index contributed by atoms with van der Waals surface area (Å²) in [4.78, 5) is 11.7. The smallest absolute Gasteiger partial charge is 0.299 e. The minimum Gasteiger partial charge on any atom is -0.299 e. The Morgan fingerprint density at radius 2 is 1.93 bits per heavy atom. The predicted molar refractivity (Wildman–Crippen MR) is 56.3 cm³/mol. The maximum absolute atomic E-state index is 11.7. The summed E-state index contributed by atoms with van der Waals surface area (Å²) in [7, 11) is 0. The fourth-order valence-electron chi connectivity index (χ4n) is 1.76. The van der Waals surface area contributed by atoms with Crippen LogP contribution in [0, 0.1) is 5.92 Å². The highest BCUT2D eigenvalue weighted by molar-refractivity contribution is 4.82. The Morgan fingerprint density at radius 1 is 1.29 bits per heavy atom. The maximum atomic E-state index is 11.7. The average molecular weight is 194 g/mol. The molecule has 0 bridgehead atoms. The molecule has 1 fully saturated rings. The molecule has 14 heavy (non-hydrogen) atoms. The van der Waals surface area contributed by atoms with Gasteiger partial charge in [-0.25, -0.2) is 4.79 Å². The summed E-state index contributed by atoms with van der Waals surface area (Å²) in [6.07, 6.45) is 8.75. The average Bonchev–Trinajstić information content (AvgIpc) is 2.94. The third-order valence-electron chi connectivity index (χ3n) is 2.86. The topological polar surface area (TPSA) is 26.9 Å². The number of hydrogen-bond donors (Lipinski definition) is 0. The monoisotopic (exact) mass is 194 g/mol. The molecule has 78 valence electrons. The molecule has 0 N–H and O–H groups in total. The molecule has 3 nitrogen and oxygen atoms in total. The number of hydrogen-bond acceptors (Lipinski definition) is 1. The van der Waals surface area contributed by atoms with Crippen LogP contribution in [0.1, 0.15) is 32.6 Å². The molecule has 0 saturated heterocycles. The van der Waals surface area contributed by atoms with Crippen molar-refractivity contribution < 1.29 is 0 Å². The van der Waals surface area contributed by atoms with Gasteiger partial charge in [0.1, 0.15) is 0 Å². The summed E-state index contributed by atoms with van der Waals surface area (Å²) in [6.45, 7) is 3.84. The summed E-state index contributed by atoms with van der Waals surface area (Å²) in [5.41, 5.74) is 0.160. The molecule has 1 heterocycles. The lowest BCUT2D eigenvalue weighted by atomic mass is 10.3. The minimum absolute atomic E-state index is 0.160. The van der Waals surface area contributed by atoms with Crippen LogP contribution in [0.15, 0.2) is 17.2 Å². The number of aromatic nitrogens is 2. The third kappa shape index (κ3) is 2.08. The molecule has 0 aliphatic heterocycles. The van der Waals surface area contributed by atoms with Gasteiger partial charge in [-0.15, -0.1) is 0 Å². The lowest BCUT2D eigenvalue weighted by molar-refractivity contribution is 0.557. The largest absolute Gasteiger partial charge is 0.328 e. The van der Waals surface area contributed by atoms with Crippen molar-refractivity contribution in [3.8, 4) is 0 Å². The predicted octanol–water partition coefficient (Wildman–Crippen LogP) is 1.86. The zero-order valence-electron chi connectivity index (χ0n) is 8.78. The van der Waals surface area contributed by atoms with Gasteiger partial charge in [0.25, 0.3) is 0 Å². The maximum Gasteiger partial charge on any atom is 0.328 e. The number of rotatable bonds is 5. The zero-order chi connectivity index (χ0) is 9.97. The molecule has 0 aromatic carbocycles. The number of aryl methyl sites for hydroxylation is 2. The first kappa shape index (κ1) is 9.56. The van der Waals surface area contributed by atoms with Gasteiger partial charge >= 0.3 is 5.69 Å². The van der Waals surface area contributed by atoms with Crippen LogP contribution in [0.25, 0.3) is 0 Å². The summed E-state index contributed by atoms with van der Waals surface area (Å²) >= 11 is 0. The second-order valence-corrected chi connectivity index (χ2v) is 4.20. The van der Waals surface area contributed by atoms with Crippen molar-refractivity contribution in [2.24, 2.45) is 5.92 Å². The molecule has 1 aromatic heterocycles. The van der Waals surface area contributed by atoms with Gasteiger partial charge in [0.2, 0.25) is 0 Å². The van der Waals surface area contributed by atoms with Crippen molar-refractivity contribution in [3.63, 3.8) is 0 Å². The third-order valence-corrected chi connectivity index (χ3v) is 2.86. The van der Waals surface area contributed by atoms with E-state index in [1.807, 2.05) is 17.0 Å². The van der Waals surface area contributed by atoms with E-state index in [0.717, 1.165) is 25.4 Å². The molecule has 1 aliphatic rings.